The van der Waals surface area contributed by atoms with Crippen molar-refractivity contribution in [1.82, 2.24) is 0 Å². The molecule has 0 bridgehead atoms. The number of carboxylic acids is 1. The van der Waals surface area contributed by atoms with Crippen LogP contribution in [0.15, 0.2) is 0 Å². The monoisotopic (exact) mass is 188 g/mol. The first-order valence-corrected chi connectivity index (χ1v) is 4.29. The molecule has 0 radical (unpaired) electrons. The zero-order valence-corrected chi connectivity index (χ0v) is 6.14. The molecular weight excluding hydrogens is 182 g/mol. The van der Waals surface area contributed by atoms with Crippen molar-refractivity contribution >= 4 is 15.8 Å². The molecule has 0 saturated carbocycles. The Bertz CT molecular complexity index is 232. The van der Waals surface area contributed by atoms with Gasteiger partial charge in [0.15, 0.2) is 0 Å². The Morgan fingerprint density at radius 1 is 1.45 bits per heavy atom. The summed E-state index contributed by atoms with van der Waals surface area (Å²) in [6, 6.07) is 0. The van der Waals surface area contributed by atoms with Crippen molar-refractivity contribution in [3.8, 4) is 0 Å². The van der Waals surface area contributed by atoms with Gasteiger partial charge in [-0.05, 0) is 0 Å². The largest absolute Gasteiger partial charge is 0.481 e. The van der Waals surface area contributed by atoms with E-state index in [4.69, 9.17) is 5.11 Å². The quantitative estimate of drug-likeness (QED) is 0.679. The molecule has 0 aliphatic rings. The van der Waals surface area contributed by atoms with E-state index < -0.39 is 33.7 Å². The predicted molar refractivity (Wildman–Crippen MR) is 32.0 cm³/mol. The standard InChI is InChI=1S/C4H6F2O4S/c5-4(6)11(9,10)2-1-3(7)8/h4H,1-2H2,(H,7,8). The van der Waals surface area contributed by atoms with Gasteiger partial charge in [0.05, 0.1) is 12.2 Å². The van der Waals surface area contributed by atoms with E-state index in [1.165, 1.54) is 0 Å². The first-order chi connectivity index (χ1) is 4.86. The maximum absolute atomic E-state index is 11.5. The number of hydrogen-bond donors (Lipinski definition) is 1. The molecule has 7 heteroatoms. The van der Waals surface area contributed by atoms with Gasteiger partial charge in [-0.1, -0.05) is 0 Å². The molecule has 4 nitrogen and oxygen atoms in total. The minimum absolute atomic E-state index is 0.785. The van der Waals surface area contributed by atoms with E-state index >= 15 is 0 Å². The lowest BCUT2D eigenvalue weighted by Crippen LogP contribution is -2.17. The molecule has 0 saturated heterocycles. The van der Waals surface area contributed by atoms with Crippen molar-refractivity contribution in [3.63, 3.8) is 0 Å². The first kappa shape index (κ1) is 10.3. The summed E-state index contributed by atoms with van der Waals surface area (Å²) in [5, 5.41) is 7.95. The minimum Gasteiger partial charge on any atom is -0.481 e. The number of rotatable bonds is 4. The Kier molecular flexibility index (Phi) is 3.37. The average molecular weight is 188 g/mol. The normalized spacial score (nSPS) is 11.9. The Labute approximate surface area is 61.7 Å². The van der Waals surface area contributed by atoms with Crippen molar-refractivity contribution in [2.75, 3.05) is 5.75 Å². The molecule has 0 atom stereocenters. The van der Waals surface area contributed by atoms with E-state index in [1.807, 2.05) is 0 Å². The van der Waals surface area contributed by atoms with Gasteiger partial charge in [-0.3, -0.25) is 4.79 Å². The maximum atomic E-state index is 11.5. The second-order valence-electron chi connectivity index (χ2n) is 1.77. The van der Waals surface area contributed by atoms with Crippen molar-refractivity contribution < 1.29 is 27.1 Å². The average Bonchev–Trinajstić information content (AvgIpc) is 1.84. The molecule has 0 spiro atoms. The number of carboxylic acid groups (broad SMARTS) is 1. The van der Waals surface area contributed by atoms with Crippen molar-refractivity contribution in [2.45, 2.75) is 12.2 Å². The van der Waals surface area contributed by atoms with Gasteiger partial charge in [-0.15, -0.1) is 0 Å². The fraction of sp³-hybridized carbons (Fsp3) is 0.750. The molecule has 1 N–H and O–H groups in total. The van der Waals surface area contributed by atoms with Gasteiger partial charge in [0.2, 0.25) is 9.84 Å². The van der Waals surface area contributed by atoms with Crippen LogP contribution in [0.4, 0.5) is 8.78 Å². The third-order valence-electron chi connectivity index (χ3n) is 0.872. The van der Waals surface area contributed by atoms with Crippen LogP contribution in [-0.2, 0) is 14.6 Å². The van der Waals surface area contributed by atoms with Crippen LogP contribution in [0.5, 0.6) is 0 Å². The zero-order valence-electron chi connectivity index (χ0n) is 5.33. The molecule has 0 aromatic heterocycles. The van der Waals surface area contributed by atoms with Gasteiger partial charge >= 0.3 is 11.7 Å². The summed E-state index contributed by atoms with van der Waals surface area (Å²) in [4.78, 5) is 9.76. The number of carbonyl (C=O) groups is 1. The molecule has 0 aliphatic heterocycles. The molecule has 0 fully saturated rings. The summed E-state index contributed by atoms with van der Waals surface area (Å²) in [5.41, 5.74) is 0. The lowest BCUT2D eigenvalue weighted by atomic mass is 10.5. The van der Waals surface area contributed by atoms with Gasteiger partial charge in [0.25, 0.3) is 0 Å². The SMILES string of the molecule is O=C(O)CCS(=O)(=O)C(F)F. The Balaban J connectivity index is 4.05. The lowest BCUT2D eigenvalue weighted by Gasteiger charge is -1.98. The van der Waals surface area contributed by atoms with Crippen LogP contribution in [0.2, 0.25) is 0 Å². The van der Waals surface area contributed by atoms with Crippen LogP contribution in [0.1, 0.15) is 6.42 Å². The van der Waals surface area contributed by atoms with Crippen molar-refractivity contribution in [2.24, 2.45) is 0 Å². The first-order valence-electron chi connectivity index (χ1n) is 2.58. The smallest absolute Gasteiger partial charge is 0.336 e. The molecule has 0 aromatic rings. The van der Waals surface area contributed by atoms with Gasteiger partial charge in [0.1, 0.15) is 0 Å². The van der Waals surface area contributed by atoms with E-state index in [9.17, 15) is 22.0 Å². The second-order valence-corrected chi connectivity index (χ2v) is 3.86. The van der Waals surface area contributed by atoms with Crippen LogP contribution in [-0.4, -0.2) is 31.0 Å². The van der Waals surface area contributed by atoms with E-state index in [0.29, 0.717) is 0 Å². The molecular formula is C4H6F2O4S. The highest BCUT2D eigenvalue weighted by Crippen LogP contribution is 2.06. The van der Waals surface area contributed by atoms with Crippen LogP contribution < -0.4 is 0 Å². The van der Waals surface area contributed by atoms with Crippen LogP contribution in [0.3, 0.4) is 0 Å². The number of halogens is 2. The van der Waals surface area contributed by atoms with Crippen LogP contribution in [0, 0.1) is 0 Å². The Morgan fingerprint density at radius 2 is 1.91 bits per heavy atom. The minimum atomic E-state index is -4.51. The third kappa shape index (κ3) is 3.87. The Morgan fingerprint density at radius 3 is 2.18 bits per heavy atom. The maximum Gasteiger partial charge on any atom is 0.336 e. The third-order valence-corrected chi connectivity index (χ3v) is 2.19. The van der Waals surface area contributed by atoms with Gasteiger partial charge in [-0.2, -0.15) is 8.78 Å². The highest BCUT2D eigenvalue weighted by molar-refractivity contribution is 7.91. The topological polar surface area (TPSA) is 71.4 Å². The second kappa shape index (κ2) is 3.61. The summed E-state index contributed by atoms with van der Waals surface area (Å²) < 4.78 is 43.4. The zero-order chi connectivity index (χ0) is 9.07. The summed E-state index contributed by atoms with van der Waals surface area (Å²) in [7, 11) is -4.51. The van der Waals surface area contributed by atoms with Gasteiger partial charge in [0, 0.05) is 0 Å². The highest BCUT2D eigenvalue weighted by Gasteiger charge is 2.24. The fourth-order valence-electron chi connectivity index (χ4n) is 0.319. The molecule has 0 heterocycles. The van der Waals surface area contributed by atoms with Crippen molar-refractivity contribution in [3.05, 3.63) is 0 Å². The molecule has 0 aliphatic carbocycles. The summed E-state index contributed by atoms with van der Waals surface area (Å²) in [6.45, 7) is 0. The molecule has 66 valence electrons. The Hall–Kier alpha value is -0.720. The van der Waals surface area contributed by atoms with E-state index in [0.717, 1.165) is 0 Å². The highest BCUT2D eigenvalue weighted by atomic mass is 32.2. The summed E-state index contributed by atoms with van der Waals surface area (Å²) >= 11 is 0. The summed E-state index contributed by atoms with van der Waals surface area (Å²) in [6.07, 6.45) is -0.785. The fourth-order valence-corrected chi connectivity index (χ4v) is 0.956. The van der Waals surface area contributed by atoms with E-state index in [1.54, 1.807) is 0 Å². The van der Waals surface area contributed by atoms with Crippen LogP contribution >= 0.6 is 0 Å². The van der Waals surface area contributed by atoms with Gasteiger partial charge < -0.3 is 5.11 Å². The van der Waals surface area contributed by atoms with Crippen molar-refractivity contribution in [1.29, 1.82) is 0 Å². The number of hydrogen-bond acceptors (Lipinski definition) is 3. The van der Waals surface area contributed by atoms with Crippen LogP contribution in [0.25, 0.3) is 0 Å². The molecule has 0 unspecified atom stereocenters. The molecule has 11 heavy (non-hydrogen) atoms. The molecule has 0 aromatic carbocycles. The number of sulfone groups is 1. The predicted octanol–water partition coefficient (Wildman–Crippen LogP) is 0.0985. The number of aliphatic carboxylic acids is 1. The summed E-state index contributed by atoms with van der Waals surface area (Å²) in [5.74, 6) is -5.91. The lowest BCUT2D eigenvalue weighted by molar-refractivity contribution is -0.136. The van der Waals surface area contributed by atoms with E-state index in [2.05, 4.69) is 0 Å². The van der Waals surface area contributed by atoms with E-state index in [-0.39, 0.29) is 0 Å². The molecule has 0 amide bonds. The van der Waals surface area contributed by atoms with Gasteiger partial charge in [-0.25, -0.2) is 8.42 Å². The number of alkyl halides is 2. The molecule has 0 rings (SSSR count).